The number of pyridine rings is 1. The number of nitrogens with one attached hydrogen (secondary N) is 1. The van der Waals surface area contributed by atoms with Gasteiger partial charge in [0.25, 0.3) is 0 Å². The molecule has 0 saturated carbocycles. The Hall–Kier alpha value is -1.53. The zero-order valence-electron chi connectivity index (χ0n) is 7.92. The molecule has 0 aliphatic heterocycles. The van der Waals surface area contributed by atoms with Crippen molar-refractivity contribution in [2.45, 2.75) is 13.2 Å². The molecule has 0 atom stereocenters. The fourth-order valence-corrected chi connectivity index (χ4v) is 1.52. The van der Waals surface area contributed by atoms with Gasteiger partial charge in [-0.2, -0.15) is 5.10 Å². The first-order chi connectivity index (χ1) is 7.31. The summed E-state index contributed by atoms with van der Waals surface area (Å²) in [5.74, 6) is 0.531. The number of aliphatic hydroxyl groups is 1. The van der Waals surface area contributed by atoms with E-state index in [0.29, 0.717) is 17.1 Å². The third kappa shape index (κ3) is 2.11. The second-order valence-electron chi connectivity index (χ2n) is 3.05. The van der Waals surface area contributed by atoms with E-state index < -0.39 is 0 Å². The second-order valence-corrected chi connectivity index (χ2v) is 3.44. The molecule has 2 aromatic rings. The van der Waals surface area contributed by atoms with Gasteiger partial charge < -0.3 is 5.11 Å². The lowest BCUT2D eigenvalue weighted by Crippen LogP contribution is -2.05. The highest BCUT2D eigenvalue weighted by atomic mass is 32.1. The summed E-state index contributed by atoms with van der Waals surface area (Å²) in [5.41, 5.74) is 1.02. The molecule has 0 unspecified atom stereocenters. The largest absolute Gasteiger partial charge is 0.388 e. The first-order valence-electron chi connectivity index (χ1n) is 4.45. The van der Waals surface area contributed by atoms with Crippen molar-refractivity contribution < 1.29 is 5.11 Å². The number of rotatable bonds is 3. The SMILES string of the molecule is OCc1n[nH]c(=S)n1Cc1cccnc1. The normalized spacial score (nSPS) is 10.5. The Labute approximate surface area is 91.4 Å². The molecule has 78 valence electrons. The van der Waals surface area contributed by atoms with Gasteiger partial charge in [-0.25, -0.2) is 0 Å². The molecule has 0 spiro atoms. The molecule has 2 aromatic heterocycles. The van der Waals surface area contributed by atoms with Crippen molar-refractivity contribution in [1.82, 2.24) is 19.7 Å². The van der Waals surface area contributed by atoms with Crippen LogP contribution in [0.15, 0.2) is 24.5 Å². The Morgan fingerprint density at radius 3 is 3.07 bits per heavy atom. The van der Waals surface area contributed by atoms with E-state index in [-0.39, 0.29) is 6.61 Å². The van der Waals surface area contributed by atoms with Gasteiger partial charge >= 0.3 is 0 Å². The molecule has 5 nitrogen and oxygen atoms in total. The van der Waals surface area contributed by atoms with Crippen molar-refractivity contribution >= 4 is 12.2 Å². The number of H-pyrrole nitrogens is 1. The first kappa shape index (κ1) is 10.0. The predicted molar refractivity (Wildman–Crippen MR) is 56.7 cm³/mol. The topological polar surface area (TPSA) is 66.7 Å². The summed E-state index contributed by atoms with van der Waals surface area (Å²) in [5, 5.41) is 15.6. The van der Waals surface area contributed by atoms with E-state index in [2.05, 4.69) is 15.2 Å². The van der Waals surface area contributed by atoms with Gasteiger partial charge in [0, 0.05) is 12.4 Å². The quantitative estimate of drug-likeness (QED) is 0.756. The minimum Gasteiger partial charge on any atom is -0.388 e. The van der Waals surface area contributed by atoms with Gasteiger partial charge in [0.05, 0.1) is 6.54 Å². The third-order valence-corrected chi connectivity index (χ3v) is 2.35. The van der Waals surface area contributed by atoms with Crippen molar-refractivity contribution in [3.8, 4) is 0 Å². The van der Waals surface area contributed by atoms with E-state index in [4.69, 9.17) is 17.3 Å². The Kier molecular flexibility index (Phi) is 2.89. The summed E-state index contributed by atoms with van der Waals surface area (Å²) < 4.78 is 2.25. The van der Waals surface area contributed by atoms with E-state index in [0.717, 1.165) is 5.56 Å². The van der Waals surface area contributed by atoms with Gasteiger partial charge in [0.2, 0.25) is 0 Å². The molecule has 0 amide bonds. The molecule has 0 aliphatic rings. The number of aromatic nitrogens is 4. The highest BCUT2D eigenvalue weighted by Crippen LogP contribution is 2.04. The van der Waals surface area contributed by atoms with E-state index in [1.54, 1.807) is 17.0 Å². The molecule has 0 aromatic carbocycles. The van der Waals surface area contributed by atoms with Crippen molar-refractivity contribution in [1.29, 1.82) is 0 Å². The molecule has 2 rings (SSSR count). The maximum Gasteiger partial charge on any atom is 0.195 e. The molecule has 0 radical (unpaired) electrons. The van der Waals surface area contributed by atoms with Crippen molar-refractivity contribution in [2.24, 2.45) is 0 Å². The maximum absolute atomic E-state index is 9.04. The van der Waals surface area contributed by atoms with Crippen LogP contribution in [0.1, 0.15) is 11.4 Å². The van der Waals surface area contributed by atoms with Crippen LogP contribution in [-0.2, 0) is 13.2 Å². The summed E-state index contributed by atoms with van der Waals surface area (Å²) in [6, 6.07) is 3.81. The summed E-state index contributed by atoms with van der Waals surface area (Å²) in [4.78, 5) is 4.01. The van der Waals surface area contributed by atoms with E-state index in [1.807, 2.05) is 12.1 Å². The smallest absolute Gasteiger partial charge is 0.195 e. The van der Waals surface area contributed by atoms with Gasteiger partial charge in [-0.15, -0.1) is 0 Å². The lowest BCUT2D eigenvalue weighted by molar-refractivity contribution is 0.265. The summed E-state index contributed by atoms with van der Waals surface area (Å²) in [7, 11) is 0. The van der Waals surface area contributed by atoms with Gasteiger partial charge in [0.1, 0.15) is 6.61 Å². The Morgan fingerprint density at radius 2 is 2.40 bits per heavy atom. The van der Waals surface area contributed by atoms with Crippen LogP contribution in [0.2, 0.25) is 0 Å². The fraction of sp³-hybridized carbons (Fsp3) is 0.222. The molecule has 0 aliphatic carbocycles. The minimum absolute atomic E-state index is 0.132. The number of aliphatic hydroxyl groups excluding tert-OH is 1. The second kappa shape index (κ2) is 4.33. The number of nitrogens with zero attached hydrogens (tertiary/aromatic N) is 3. The lowest BCUT2D eigenvalue weighted by atomic mass is 10.3. The first-order valence-corrected chi connectivity index (χ1v) is 4.86. The van der Waals surface area contributed by atoms with E-state index >= 15 is 0 Å². The highest BCUT2D eigenvalue weighted by molar-refractivity contribution is 7.71. The highest BCUT2D eigenvalue weighted by Gasteiger charge is 2.04. The van der Waals surface area contributed by atoms with Crippen LogP contribution in [0.4, 0.5) is 0 Å². The van der Waals surface area contributed by atoms with Crippen LogP contribution >= 0.6 is 12.2 Å². The molecular weight excluding hydrogens is 212 g/mol. The number of hydrogen-bond donors (Lipinski definition) is 2. The summed E-state index contributed by atoms with van der Waals surface area (Å²) in [6.45, 7) is 0.437. The van der Waals surface area contributed by atoms with Gasteiger partial charge in [-0.05, 0) is 23.8 Å². The summed E-state index contributed by atoms with van der Waals surface area (Å²) >= 11 is 5.05. The molecule has 0 bridgehead atoms. The predicted octanol–water partition coefficient (Wildman–Crippen LogP) is 0.876. The van der Waals surface area contributed by atoms with Crippen LogP contribution < -0.4 is 0 Å². The molecule has 2 heterocycles. The fourth-order valence-electron chi connectivity index (χ4n) is 1.31. The van der Waals surface area contributed by atoms with Crippen LogP contribution in [0, 0.1) is 4.77 Å². The molecule has 2 N–H and O–H groups in total. The Morgan fingerprint density at radius 1 is 1.53 bits per heavy atom. The van der Waals surface area contributed by atoms with Crippen LogP contribution in [0.5, 0.6) is 0 Å². The molecule has 15 heavy (non-hydrogen) atoms. The van der Waals surface area contributed by atoms with Crippen molar-refractivity contribution in [3.05, 3.63) is 40.7 Å². The van der Waals surface area contributed by atoms with Crippen molar-refractivity contribution in [2.75, 3.05) is 0 Å². The van der Waals surface area contributed by atoms with Gasteiger partial charge in [-0.3, -0.25) is 14.6 Å². The third-order valence-electron chi connectivity index (χ3n) is 2.04. The van der Waals surface area contributed by atoms with Crippen LogP contribution in [0.25, 0.3) is 0 Å². The molecule has 6 heteroatoms. The van der Waals surface area contributed by atoms with E-state index in [1.165, 1.54) is 0 Å². The molecule has 0 fully saturated rings. The molecular formula is C9H10N4OS. The van der Waals surface area contributed by atoms with E-state index in [9.17, 15) is 0 Å². The zero-order chi connectivity index (χ0) is 10.7. The summed E-state index contributed by atoms with van der Waals surface area (Å²) in [6.07, 6.45) is 3.47. The van der Waals surface area contributed by atoms with Gasteiger partial charge in [0.15, 0.2) is 10.6 Å². The Bertz CT molecular complexity index is 490. The maximum atomic E-state index is 9.04. The van der Waals surface area contributed by atoms with Gasteiger partial charge in [-0.1, -0.05) is 6.07 Å². The number of aromatic amines is 1. The monoisotopic (exact) mass is 222 g/mol. The molecule has 0 saturated heterocycles. The minimum atomic E-state index is -0.132. The zero-order valence-corrected chi connectivity index (χ0v) is 8.74. The standard InChI is InChI=1S/C9H10N4OS/c14-6-8-11-12-9(15)13(8)5-7-2-1-3-10-4-7/h1-4,14H,5-6H2,(H,12,15). The average molecular weight is 222 g/mol. The Balaban J connectivity index is 2.32. The van der Waals surface area contributed by atoms with Crippen LogP contribution in [-0.4, -0.2) is 24.9 Å². The van der Waals surface area contributed by atoms with Crippen molar-refractivity contribution in [3.63, 3.8) is 0 Å². The lowest BCUT2D eigenvalue weighted by Gasteiger charge is -2.04. The van der Waals surface area contributed by atoms with Crippen LogP contribution in [0.3, 0.4) is 0 Å². The average Bonchev–Trinajstić information content (AvgIpc) is 2.62. The number of hydrogen-bond acceptors (Lipinski definition) is 4.